The number of pyridine rings is 2. The van der Waals surface area contributed by atoms with Gasteiger partial charge in [-0.1, -0.05) is 44.2 Å². The van der Waals surface area contributed by atoms with Crippen molar-refractivity contribution in [1.29, 1.82) is 0 Å². The highest BCUT2D eigenvalue weighted by Crippen LogP contribution is 2.33. The van der Waals surface area contributed by atoms with Gasteiger partial charge in [0.2, 0.25) is 11.5 Å². The molecule has 1 spiro atoms. The fourth-order valence-corrected chi connectivity index (χ4v) is 7.75. The first-order chi connectivity index (χ1) is 26.6. The van der Waals surface area contributed by atoms with Crippen molar-refractivity contribution in [3.8, 4) is 5.75 Å². The number of nitrogens with zero attached hydrogens (tertiary/aromatic N) is 4. The number of amides is 1. The number of aromatic hydroxyl groups is 1. The van der Waals surface area contributed by atoms with Crippen LogP contribution in [-0.2, 0) is 27.2 Å². The topological polar surface area (TPSA) is 143 Å². The van der Waals surface area contributed by atoms with Crippen LogP contribution in [0.25, 0.3) is 10.9 Å². The second-order valence-corrected chi connectivity index (χ2v) is 15.2. The Labute approximate surface area is 324 Å². The SMILES string of the molecule is CCN(CCNC[C@H](O)c1ccc(O)c2[nH]c(=O)ccc12)C(=O)CCOCCc1cccc(CN2CCC3(CC2)CN(c2cc(C(C)C)ccn2)CCO3)c1. The lowest BCUT2D eigenvalue weighted by Crippen LogP contribution is -2.57. The quantitative estimate of drug-likeness (QED) is 0.112. The van der Waals surface area contributed by atoms with Crippen molar-refractivity contribution in [2.75, 3.05) is 77.1 Å². The molecule has 12 heteroatoms. The predicted molar refractivity (Wildman–Crippen MR) is 216 cm³/mol. The minimum Gasteiger partial charge on any atom is -0.506 e. The van der Waals surface area contributed by atoms with Gasteiger partial charge in [-0.05, 0) is 78.6 Å². The van der Waals surface area contributed by atoms with Crippen molar-refractivity contribution in [3.05, 3.63) is 99.5 Å². The molecule has 2 aromatic heterocycles. The zero-order valence-electron chi connectivity index (χ0n) is 32.6. The van der Waals surface area contributed by atoms with Gasteiger partial charge >= 0.3 is 0 Å². The van der Waals surface area contributed by atoms with E-state index in [1.807, 2.05) is 13.1 Å². The molecule has 12 nitrogen and oxygen atoms in total. The van der Waals surface area contributed by atoms with Gasteiger partial charge in [0.1, 0.15) is 11.6 Å². The number of aliphatic hydroxyl groups excluding tert-OH is 1. The Bertz CT molecular complexity index is 1930. The summed E-state index contributed by atoms with van der Waals surface area (Å²) in [6.45, 7) is 14.6. The molecule has 1 atom stereocenters. The van der Waals surface area contributed by atoms with Crippen LogP contribution < -0.4 is 15.8 Å². The Morgan fingerprint density at radius 3 is 2.69 bits per heavy atom. The number of phenolic OH excluding ortho intramolecular Hbond substituents is 1. The zero-order chi connectivity index (χ0) is 38.8. The van der Waals surface area contributed by atoms with Gasteiger partial charge in [0.25, 0.3) is 0 Å². The van der Waals surface area contributed by atoms with Gasteiger partial charge < -0.3 is 39.8 Å². The first-order valence-electron chi connectivity index (χ1n) is 19.9. The van der Waals surface area contributed by atoms with Crippen LogP contribution in [0.4, 0.5) is 5.82 Å². The van der Waals surface area contributed by atoms with Crippen LogP contribution in [0.1, 0.15) is 74.3 Å². The maximum Gasteiger partial charge on any atom is 0.248 e. The Hall–Kier alpha value is -4.33. The van der Waals surface area contributed by atoms with Crippen molar-refractivity contribution in [2.45, 2.75) is 70.6 Å². The second-order valence-electron chi connectivity index (χ2n) is 15.2. The van der Waals surface area contributed by atoms with E-state index in [1.54, 1.807) is 17.0 Å². The number of phenols is 1. The van der Waals surface area contributed by atoms with Gasteiger partial charge in [0.05, 0.1) is 43.5 Å². The minimum atomic E-state index is -0.855. The summed E-state index contributed by atoms with van der Waals surface area (Å²) >= 11 is 0. The third-order valence-corrected chi connectivity index (χ3v) is 11.1. The molecule has 2 fully saturated rings. The number of rotatable bonds is 17. The highest BCUT2D eigenvalue weighted by atomic mass is 16.5. The van der Waals surface area contributed by atoms with E-state index in [0.717, 1.165) is 64.4 Å². The van der Waals surface area contributed by atoms with E-state index in [4.69, 9.17) is 14.5 Å². The van der Waals surface area contributed by atoms with E-state index in [9.17, 15) is 19.8 Å². The molecule has 6 rings (SSSR count). The molecule has 2 aromatic carbocycles. The van der Waals surface area contributed by atoms with Gasteiger partial charge in [-0.15, -0.1) is 0 Å². The highest BCUT2D eigenvalue weighted by molar-refractivity contribution is 5.87. The number of piperidine rings is 1. The van der Waals surface area contributed by atoms with Crippen LogP contribution in [0, 0.1) is 0 Å². The fourth-order valence-electron chi connectivity index (χ4n) is 7.75. The summed E-state index contributed by atoms with van der Waals surface area (Å²) in [5.41, 5.74) is 4.32. The summed E-state index contributed by atoms with van der Waals surface area (Å²) in [6.07, 6.45) is 4.21. The molecular formula is C43H58N6O6. The van der Waals surface area contributed by atoms with E-state index in [2.05, 4.69) is 70.3 Å². The Morgan fingerprint density at radius 2 is 1.89 bits per heavy atom. The van der Waals surface area contributed by atoms with Crippen LogP contribution in [-0.4, -0.2) is 114 Å². The molecule has 0 aliphatic carbocycles. The number of fused-ring (bicyclic) bond motifs is 1. The number of carbonyl (C=O) groups excluding carboxylic acids is 1. The van der Waals surface area contributed by atoms with E-state index in [-0.39, 0.29) is 29.4 Å². The monoisotopic (exact) mass is 754 g/mol. The third-order valence-electron chi connectivity index (χ3n) is 11.1. The summed E-state index contributed by atoms with van der Waals surface area (Å²) in [5.74, 6) is 1.53. The molecule has 1 amide bonds. The number of anilines is 1. The molecule has 2 saturated heterocycles. The number of hydrogen-bond donors (Lipinski definition) is 4. The van der Waals surface area contributed by atoms with E-state index in [1.165, 1.54) is 28.8 Å². The molecule has 4 heterocycles. The largest absolute Gasteiger partial charge is 0.506 e. The summed E-state index contributed by atoms with van der Waals surface area (Å²) in [6, 6.07) is 19.2. The van der Waals surface area contributed by atoms with Crippen LogP contribution in [0.3, 0.4) is 0 Å². The van der Waals surface area contributed by atoms with Gasteiger partial charge in [0.15, 0.2) is 0 Å². The molecule has 2 aliphatic rings. The second kappa shape index (κ2) is 19.0. The van der Waals surface area contributed by atoms with Crippen molar-refractivity contribution in [1.82, 2.24) is 25.1 Å². The van der Waals surface area contributed by atoms with Crippen LogP contribution in [0.2, 0.25) is 0 Å². The lowest BCUT2D eigenvalue weighted by Gasteiger charge is -2.47. The Balaban J connectivity index is 0.871. The predicted octanol–water partition coefficient (Wildman–Crippen LogP) is 4.74. The fraction of sp³-hybridized carbons (Fsp3) is 0.512. The molecular weight excluding hydrogens is 697 g/mol. The first kappa shape index (κ1) is 40.3. The van der Waals surface area contributed by atoms with Crippen LogP contribution in [0.5, 0.6) is 5.75 Å². The molecule has 0 radical (unpaired) electrons. The third kappa shape index (κ3) is 10.7. The Kier molecular flexibility index (Phi) is 13.9. The number of aromatic amines is 1. The summed E-state index contributed by atoms with van der Waals surface area (Å²) in [7, 11) is 0. The maximum atomic E-state index is 12.9. The normalized spacial score (nSPS) is 16.6. The molecule has 4 N–H and O–H groups in total. The average Bonchev–Trinajstić information content (AvgIpc) is 3.19. The number of nitrogens with one attached hydrogen (secondary N) is 2. The smallest absolute Gasteiger partial charge is 0.248 e. The molecule has 4 aromatic rings. The standard InChI is InChI=1S/C43H58N6O6/c1-4-48(21-18-44-28-38(51)35-8-10-37(50)42-36(35)9-11-40(52)46-42)41(53)14-24-54-23-13-32-6-5-7-33(26-32)29-47-19-15-43(16-20-47)30-49(22-25-55-43)39-27-34(31(2)3)12-17-45-39/h5-12,17,26-27,31,38,44,50-51H,4,13-16,18-25,28-30H2,1-3H3,(H,46,52)/t38-/m0/s1. The van der Waals surface area contributed by atoms with Crippen molar-refractivity contribution >= 4 is 22.6 Å². The van der Waals surface area contributed by atoms with Crippen molar-refractivity contribution < 1.29 is 24.5 Å². The van der Waals surface area contributed by atoms with Crippen LogP contribution in [0.15, 0.2) is 71.7 Å². The number of ether oxygens (including phenoxy) is 2. The number of carbonyl (C=O) groups is 1. The number of morpholine rings is 1. The number of hydrogen-bond acceptors (Lipinski definition) is 10. The number of H-pyrrole nitrogens is 1. The lowest BCUT2D eigenvalue weighted by atomic mass is 9.89. The first-order valence-corrected chi connectivity index (χ1v) is 19.9. The minimum absolute atomic E-state index is 0.0342. The average molecular weight is 755 g/mol. The van der Waals surface area contributed by atoms with E-state index < -0.39 is 6.10 Å². The van der Waals surface area contributed by atoms with Crippen molar-refractivity contribution in [2.24, 2.45) is 0 Å². The molecule has 55 heavy (non-hydrogen) atoms. The van der Waals surface area contributed by atoms with Gasteiger partial charge in [-0.25, -0.2) is 4.98 Å². The highest BCUT2D eigenvalue weighted by Gasteiger charge is 2.40. The zero-order valence-corrected chi connectivity index (χ0v) is 32.6. The molecule has 2 aliphatic heterocycles. The van der Waals surface area contributed by atoms with Gasteiger partial charge in [-0.3, -0.25) is 14.5 Å². The molecule has 296 valence electrons. The van der Waals surface area contributed by atoms with Gasteiger partial charge in [0, 0.05) is 76.6 Å². The summed E-state index contributed by atoms with van der Waals surface area (Å²) < 4.78 is 12.4. The number of likely N-dealkylation sites (N-methyl/N-ethyl adjacent to an activating group) is 1. The summed E-state index contributed by atoms with van der Waals surface area (Å²) in [4.78, 5) is 38.7. The van der Waals surface area contributed by atoms with E-state index >= 15 is 0 Å². The van der Waals surface area contributed by atoms with Gasteiger partial charge in [-0.2, -0.15) is 0 Å². The number of aromatic nitrogens is 2. The maximum absolute atomic E-state index is 12.9. The summed E-state index contributed by atoms with van der Waals surface area (Å²) in [5, 5.41) is 24.7. The molecule has 0 bridgehead atoms. The lowest BCUT2D eigenvalue weighted by molar-refractivity contribution is -0.132. The number of likely N-dealkylation sites (tertiary alicyclic amines) is 1. The van der Waals surface area contributed by atoms with Crippen LogP contribution >= 0.6 is 0 Å². The molecule has 0 saturated carbocycles. The Morgan fingerprint density at radius 1 is 1.07 bits per heavy atom. The number of benzene rings is 2. The van der Waals surface area contributed by atoms with E-state index in [0.29, 0.717) is 61.7 Å². The van der Waals surface area contributed by atoms with Crippen molar-refractivity contribution in [3.63, 3.8) is 0 Å². The molecule has 0 unspecified atom stereocenters. The number of aliphatic hydroxyl groups is 1.